The Kier molecular flexibility index (Phi) is 2.71. The maximum atomic E-state index is 9.43. The van der Waals surface area contributed by atoms with Crippen LogP contribution in [0.25, 0.3) is 0 Å². The number of benzene rings is 1. The average molecular weight is 165 g/mol. The lowest BCUT2D eigenvalue weighted by Crippen LogP contribution is -2.17. The van der Waals surface area contributed by atoms with Crippen molar-refractivity contribution in [2.24, 2.45) is 5.73 Å². The summed E-state index contributed by atoms with van der Waals surface area (Å²) in [6.07, 6.45) is 0.730. The highest BCUT2D eigenvalue weighted by atomic mass is 16.3. The number of hydrogen-bond acceptors (Lipinski definition) is 2. The molecule has 2 nitrogen and oxygen atoms in total. The van der Waals surface area contributed by atoms with Crippen LogP contribution in [-0.4, -0.2) is 11.1 Å². The van der Waals surface area contributed by atoms with Gasteiger partial charge in [0.25, 0.3) is 0 Å². The van der Waals surface area contributed by atoms with Gasteiger partial charge in [-0.3, -0.25) is 0 Å². The predicted molar refractivity (Wildman–Crippen MR) is 50.2 cm³/mol. The van der Waals surface area contributed by atoms with Crippen molar-refractivity contribution in [2.75, 3.05) is 0 Å². The number of aryl methyl sites for hydroxylation is 1. The minimum absolute atomic E-state index is 0.0951. The molecule has 66 valence electrons. The third-order valence-corrected chi connectivity index (χ3v) is 1.78. The van der Waals surface area contributed by atoms with E-state index in [4.69, 9.17) is 5.73 Å². The van der Waals surface area contributed by atoms with E-state index < -0.39 is 0 Å². The first-order valence-corrected chi connectivity index (χ1v) is 4.13. The van der Waals surface area contributed by atoms with Crippen molar-refractivity contribution in [3.63, 3.8) is 0 Å². The van der Waals surface area contributed by atoms with Crippen molar-refractivity contribution < 1.29 is 5.11 Å². The van der Waals surface area contributed by atoms with Crippen LogP contribution in [0.5, 0.6) is 5.75 Å². The summed E-state index contributed by atoms with van der Waals surface area (Å²) in [6.45, 7) is 3.94. The lowest BCUT2D eigenvalue weighted by molar-refractivity contribution is 0.465. The van der Waals surface area contributed by atoms with Crippen molar-refractivity contribution in [1.82, 2.24) is 0 Å². The zero-order valence-corrected chi connectivity index (χ0v) is 7.54. The topological polar surface area (TPSA) is 46.2 Å². The average Bonchev–Trinajstić information content (AvgIpc) is 1.96. The second-order valence-electron chi connectivity index (χ2n) is 3.31. The molecular weight excluding hydrogens is 150 g/mol. The highest BCUT2D eigenvalue weighted by Crippen LogP contribution is 2.19. The van der Waals surface area contributed by atoms with Crippen LogP contribution in [0.1, 0.15) is 18.1 Å². The van der Waals surface area contributed by atoms with Crippen molar-refractivity contribution in [2.45, 2.75) is 26.3 Å². The van der Waals surface area contributed by atoms with Gasteiger partial charge in [-0.25, -0.2) is 0 Å². The minimum Gasteiger partial charge on any atom is -0.508 e. The molecule has 0 aliphatic heterocycles. The molecule has 0 unspecified atom stereocenters. The second-order valence-corrected chi connectivity index (χ2v) is 3.31. The van der Waals surface area contributed by atoms with Crippen LogP contribution in [0.3, 0.4) is 0 Å². The summed E-state index contributed by atoms with van der Waals surface area (Å²) in [5, 5.41) is 9.43. The van der Waals surface area contributed by atoms with Gasteiger partial charge in [-0.1, -0.05) is 17.7 Å². The Balaban J connectivity index is 2.90. The van der Waals surface area contributed by atoms with E-state index in [9.17, 15) is 5.11 Å². The van der Waals surface area contributed by atoms with Crippen LogP contribution in [0.4, 0.5) is 0 Å². The number of phenolic OH excluding ortho intramolecular Hbond substituents is 1. The summed E-state index contributed by atoms with van der Waals surface area (Å²) in [7, 11) is 0. The molecule has 0 spiro atoms. The van der Waals surface area contributed by atoms with Gasteiger partial charge in [0.2, 0.25) is 0 Å². The summed E-state index contributed by atoms with van der Waals surface area (Å²) in [4.78, 5) is 0. The van der Waals surface area contributed by atoms with E-state index in [-0.39, 0.29) is 6.04 Å². The molecule has 0 radical (unpaired) electrons. The molecule has 0 aliphatic carbocycles. The summed E-state index contributed by atoms with van der Waals surface area (Å²) in [5.74, 6) is 0.345. The predicted octanol–water partition coefficient (Wildman–Crippen LogP) is 1.59. The Hall–Kier alpha value is -1.02. The molecule has 1 rings (SSSR count). The maximum Gasteiger partial charge on any atom is 0.118 e. The molecule has 0 aliphatic rings. The van der Waals surface area contributed by atoms with E-state index in [1.165, 1.54) is 0 Å². The molecule has 0 aromatic heterocycles. The standard InChI is InChI=1S/C10H15NO/c1-7-3-4-10(12)9(5-7)6-8(2)11/h3-5,8,12H,6,11H2,1-2H3/t8-/m0/s1. The van der Waals surface area contributed by atoms with E-state index in [0.29, 0.717) is 5.75 Å². The molecular formula is C10H15NO. The van der Waals surface area contributed by atoms with E-state index in [1.54, 1.807) is 6.07 Å². The van der Waals surface area contributed by atoms with Crippen molar-refractivity contribution in [1.29, 1.82) is 0 Å². The van der Waals surface area contributed by atoms with Gasteiger partial charge in [0.15, 0.2) is 0 Å². The molecule has 2 heteroatoms. The third kappa shape index (κ3) is 2.24. The quantitative estimate of drug-likeness (QED) is 0.699. The van der Waals surface area contributed by atoms with E-state index in [2.05, 4.69) is 0 Å². The molecule has 0 amide bonds. The van der Waals surface area contributed by atoms with Gasteiger partial charge in [0, 0.05) is 6.04 Å². The first-order valence-electron chi connectivity index (χ1n) is 4.13. The Bertz CT molecular complexity index is 269. The number of rotatable bonds is 2. The van der Waals surface area contributed by atoms with Crippen molar-refractivity contribution in [3.05, 3.63) is 29.3 Å². The number of phenols is 1. The fourth-order valence-electron chi connectivity index (χ4n) is 1.22. The van der Waals surface area contributed by atoms with Crippen LogP contribution >= 0.6 is 0 Å². The number of aromatic hydroxyl groups is 1. The summed E-state index contributed by atoms with van der Waals surface area (Å²) < 4.78 is 0. The van der Waals surface area contributed by atoms with Crippen molar-refractivity contribution >= 4 is 0 Å². The molecule has 3 N–H and O–H groups in total. The summed E-state index contributed by atoms with van der Waals surface area (Å²) in [6, 6.07) is 5.67. The Morgan fingerprint density at radius 1 is 1.50 bits per heavy atom. The van der Waals surface area contributed by atoms with Crippen LogP contribution in [0.2, 0.25) is 0 Å². The number of hydrogen-bond donors (Lipinski definition) is 2. The smallest absolute Gasteiger partial charge is 0.118 e. The molecule has 0 saturated carbocycles. The van der Waals surface area contributed by atoms with E-state index in [0.717, 1.165) is 17.5 Å². The van der Waals surface area contributed by atoms with Gasteiger partial charge in [-0.2, -0.15) is 0 Å². The van der Waals surface area contributed by atoms with Gasteiger partial charge in [0.1, 0.15) is 5.75 Å². The first kappa shape index (κ1) is 9.07. The maximum absolute atomic E-state index is 9.43. The lowest BCUT2D eigenvalue weighted by Gasteiger charge is -2.07. The highest BCUT2D eigenvalue weighted by Gasteiger charge is 2.03. The van der Waals surface area contributed by atoms with Gasteiger partial charge in [-0.05, 0) is 31.9 Å². The van der Waals surface area contributed by atoms with Crippen LogP contribution in [0, 0.1) is 6.92 Å². The second kappa shape index (κ2) is 3.59. The Labute approximate surface area is 73.0 Å². The summed E-state index contributed by atoms with van der Waals surface area (Å²) in [5.41, 5.74) is 7.72. The minimum atomic E-state index is 0.0951. The van der Waals surface area contributed by atoms with Crippen molar-refractivity contribution in [3.8, 4) is 5.75 Å². The lowest BCUT2D eigenvalue weighted by atomic mass is 10.0. The van der Waals surface area contributed by atoms with Crippen LogP contribution in [0.15, 0.2) is 18.2 Å². The van der Waals surface area contributed by atoms with Crippen LogP contribution in [-0.2, 0) is 6.42 Å². The van der Waals surface area contributed by atoms with Gasteiger partial charge in [0.05, 0.1) is 0 Å². The molecule has 0 fully saturated rings. The molecule has 1 aromatic rings. The molecule has 1 atom stereocenters. The molecule has 0 bridgehead atoms. The SMILES string of the molecule is Cc1ccc(O)c(C[C@H](C)N)c1. The highest BCUT2D eigenvalue weighted by molar-refractivity contribution is 5.36. The zero-order chi connectivity index (χ0) is 9.14. The largest absolute Gasteiger partial charge is 0.508 e. The fourth-order valence-corrected chi connectivity index (χ4v) is 1.22. The van der Waals surface area contributed by atoms with Gasteiger partial charge in [-0.15, -0.1) is 0 Å². The first-order chi connectivity index (χ1) is 5.59. The normalized spacial score (nSPS) is 12.9. The fraction of sp³-hybridized carbons (Fsp3) is 0.400. The number of nitrogens with two attached hydrogens (primary N) is 1. The van der Waals surface area contributed by atoms with E-state index in [1.807, 2.05) is 26.0 Å². The Morgan fingerprint density at radius 2 is 2.17 bits per heavy atom. The third-order valence-electron chi connectivity index (χ3n) is 1.78. The van der Waals surface area contributed by atoms with E-state index >= 15 is 0 Å². The van der Waals surface area contributed by atoms with Gasteiger partial charge < -0.3 is 10.8 Å². The zero-order valence-electron chi connectivity index (χ0n) is 7.54. The Morgan fingerprint density at radius 3 is 2.75 bits per heavy atom. The van der Waals surface area contributed by atoms with Crippen LogP contribution < -0.4 is 5.73 Å². The van der Waals surface area contributed by atoms with Gasteiger partial charge >= 0.3 is 0 Å². The molecule has 12 heavy (non-hydrogen) atoms. The molecule has 0 saturated heterocycles. The molecule has 1 aromatic carbocycles. The summed E-state index contributed by atoms with van der Waals surface area (Å²) >= 11 is 0. The molecule has 0 heterocycles. The monoisotopic (exact) mass is 165 g/mol.